The largest absolute Gasteiger partial charge is 0.497 e. The summed E-state index contributed by atoms with van der Waals surface area (Å²) >= 11 is 0. The van der Waals surface area contributed by atoms with E-state index in [9.17, 15) is 33.9 Å². The van der Waals surface area contributed by atoms with E-state index in [0.29, 0.717) is 56.7 Å². The number of carbonyl (C=O) groups is 6. The second kappa shape index (κ2) is 29.5. The lowest BCUT2D eigenvalue weighted by molar-refractivity contribution is -0.199. The van der Waals surface area contributed by atoms with Crippen LogP contribution < -0.4 is 14.8 Å². The van der Waals surface area contributed by atoms with Crippen LogP contribution in [0.4, 0.5) is 19.2 Å². The van der Waals surface area contributed by atoms with Crippen molar-refractivity contribution in [1.82, 2.24) is 34.7 Å². The maximum absolute atomic E-state index is 14.7. The Kier molecular flexibility index (Phi) is 21.4. The summed E-state index contributed by atoms with van der Waals surface area (Å²) in [5, 5.41) is 13.1. The maximum atomic E-state index is 14.7. The van der Waals surface area contributed by atoms with Crippen LogP contribution in [0, 0.1) is 17.3 Å². The smallest absolute Gasteiger partial charge is 0.481 e. The zero-order valence-electron chi connectivity index (χ0n) is 54.0. The molecule has 3 saturated heterocycles. The lowest BCUT2D eigenvalue weighted by Crippen LogP contribution is -2.65. The van der Waals surface area contributed by atoms with Crippen molar-refractivity contribution in [1.29, 1.82) is 0 Å². The molecule has 0 radical (unpaired) electrons. The van der Waals surface area contributed by atoms with Crippen molar-refractivity contribution in [2.75, 3.05) is 40.4 Å². The number of benzene rings is 4. The van der Waals surface area contributed by atoms with Gasteiger partial charge in [-0.3, -0.25) is 14.6 Å². The van der Waals surface area contributed by atoms with Gasteiger partial charge in [0.2, 0.25) is 5.91 Å². The van der Waals surface area contributed by atoms with Crippen LogP contribution in [0.3, 0.4) is 0 Å². The van der Waals surface area contributed by atoms with Crippen molar-refractivity contribution in [3.63, 3.8) is 0 Å². The molecule has 2 bridgehead atoms. The average Bonchev–Trinajstić information content (AvgIpc) is 1.33. The molecule has 490 valence electrons. The molecule has 21 heteroatoms. The van der Waals surface area contributed by atoms with Gasteiger partial charge in [0.1, 0.15) is 35.8 Å². The van der Waals surface area contributed by atoms with Gasteiger partial charge in [-0.05, 0) is 114 Å². The second-order valence-corrected chi connectivity index (χ2v) is 26.2. The number of methoxy groups -OCH3 is 2. The molecule has 12 rings (SSSR count). The molecule has 7 amide bonds. The molecule has 2 N–H and O–H groups in total. The van der Waals surface area contributed by atoms with Crippen LogP contribution in [0.15, 0.2) is 135 Å². The molecular weight excluding hydrogens is 1170 g/mol. The highest BCUT2D eigenvalue weighted by molar-refractivity contribution is 6.48. The molecule has 4 aromatic rings. The number of urea groups is 2. The van der Waals surface area contributed by atoms with E-state index in [-0.39, 0.29) is 69.0 Å². The number of hydrogen-bond donors (Lipinski definition) is 2. The average molecular weight is 1260 g/mol. The summed E-state index contributed by atoms with van der Waals surface area (Å²) in [5.74, 6) is 0.566. The lowest BCUT2D eigenvalue weighted by Gasteiger charge is -2.64. The molecule has 3 aliphatic carbocycles. The fourth-order valence-corrected chi connectivity index (χ4v) is 14.7. The van der Waals surface area contributed by atoms with Gasteiger partial charge in [0.25, 0.3) is 0 Å². The van der Waals surface area contributed by atoms with Crippen LogP contribution in [0.1, 0.15) is 118 Å². The maximum Gasteiger partial charge on any atom is 0.481 e. The molecule has 3 saturated carbocycles. The number of hydrogen-bond acceptors (Lipinski definition) is 12. The van der Waals surface area contributed by atoms with Gasteiger partial charge >= 0.3 is 37.3 Å². The number of carbonyl (C=O) groups excluding carboxylic acids is 5. The van der Waals surface area contributed by atoms with Gasteiger partial charge < -0.3 is 58.3 Å². The first kappa shape index (κ1) is 66.6. The van der Waals surface area contributed by atoms with E-state index in [1.165, 1.54) is 9.80 Å². The predicted octanol–water partition coefficient (Wildman–Crippen LogP) is 11.2. The molecule has 5 heterocycles. The first-order valence-electron chi connectivity index (χ1n) is 32.4. The number of rotatable bonds is 23. The van der Waals surface area contributed by atoms with E-state index in [1.807, 2.05) is 91.0 Å². The van der Waals surface area contributed by atoms with Gasteiger partial charge in [0, 0.05) is 65.2 Å². The number of fused-ring (bicyclic) bond motifs is 2. The van der Waals surface area contributed by atoms with E-state index >= 15 is 0 Å². The van der Waals surface area contributed by atoms with Gasteiger partial charge in [0.05, 0.1) is 45.0 Å². The standard InChI is InChI=1S/C45H61BN4O7.C26H29N3O6/c1-7-9-10-11-12-13-18-40(46-56-39-25-34-24-38(44(34,3)4)45(39,5)57-46)47-41(51)37-26-36(55-43(53)49-28-32-16-14-15-17-33(32)29-49)30-50(37)42(52)48(23-8-2)27-31-19-21-35(54-6)22-20-31;1-3-12-27(14-18-8-10-21(34-2)11-9-18)25(32)29-17-22(13-23(29)24(30)31)35-26(33)28-15-19-6-4-5-7-20(19)16-28/h7-8,14-17,19-22,34,36-40H,1-2,9-13,18,23-30H2,3-6H3,(H,47,51);3-11,22-23H,1,12-17H2,2H3,(H,30,31)/t34-,36-,37+,38-,39?,40+,45-;22?,23-/m10/s1. The highest BCUT2D eigenvalue weighted by Gasteiger charge is 2.68. The van der Waals surface area contributed by atoms with Gasteiger partial charge in [-0.25, -0.2) is 24.0 Å². The monoisotopic (exact) mass is 1260 g/mol. The normalized spacial score (nSPS) is 23.9. The summed E-state index contributed by atoms with van der Waals surface area (Å²) < 4.78 is 35.9. The van der Waals surface area contributed by atoms with E-state index in [1.54, 1.807) is 58.1 Å². The Morgan fingerprint density at radius 2 is 1.11 bits per heavy atom. The van der Waals surface area contributed by atoms with Crippen LogP contribution in [0.5, 0.6) is 11.5 Å². The quantitative estimate of drug-likeness (QED) is 0.0403. The molecule has 6 fully saturated rings. The number of nitrogens with one attached hydrogen (secondary N) is 1. The minimum atomic E-state index is -1.13. The summed E-state index contributed by atoms with van der Waals surface area (Å²) in [5.41, 5.74) is 5.84. The number of allylic oxidation sites excluding steroid dienone is 1. The Bertz CT molecular complexity index is 3260. The Morgan fingerprint density at radius 1 is 0.641 bits per heavy atom. The summed E-state index contributed by atoms with van der Waals surface area (Å²) in [6.45, 7) is 21.4. The first-order valence-corrected chi connectivity index (χ1v) is 32.4. The van der Waals surface area contributed by atoms with Crippen molar-refractivity contribution < 1.29 is 62.1 Å². The molecule has 4 aromatic carbocycles. The van der Waals surface area contributed by atoms with E-state index < -0.39 is 67.1 Å². The number of unbranched alkanes of at least 4 members (excludes halogenated alkanes) is 4. The molecule has 9 atom stereocenters. The number of nitrogens with zero attached hydrogens (tertiary/aromatic N) is 6. The van der Waals surface area contributed by atoms with E-state index in [0.717, 1.165) is 84.1 Å². The number of ether oxygens (including phenoxy) is 4. The molecule has 5 aliphatic heterocycles. The number of amides is 7. The number of aliphatic carboxylic acids is 1. The number of carboxylic acid groups (broad SMARTS) is 1. The van der Waals surface area contributed by atoms with Crippen LogP contribution in [0.2, 0.25) is 0 Å². The summed E-state index contributed by atoms with van der Waals surface area (Å²) in [4.78, 5) is 90.2. The zero-order chi connectivity index (χ0) is 65.3. The highest BCUT2D eigenvalue weighted by atomic mass is 16.7. The lowest BCUT2D eigenvalue weighted by atomic mass is 9.43. The van der Waals surface area contributed by atoms with Crippen LogP contribution in [-0.4, -0.2) is 160 Å². The van der Waals surface area contributed by atoms with E-state index in [2.05, 4.69) is 45.8 Å². The number of likely N-dealkylation sites (tertiary alicyclic amines) is 2. The third-order valence-electron chi connectivity index (χ3n) is 19.9. The summed E-state index contributed by atoms with van der Waals surface area (Å²) in [6, 6.07) is 27.9. The van der Waals surface area contributed by atoms with Crippen molar-refractivity contribution in [3.8, 4) is 11.5 Å². The molecular formula is C71H90BN7O13. The SMILES string of the molecule is C=CCCCCCC[C@H](NC(=O)[C@@H]1C[C@@H](OC(=O)N2Cc3ccccc3C2)CN1C(=O)N(CC=C)Cc1ccc(OC)cc1)B1OC2C[C@H]3C[C@H](C3(C)C)[C@@]2(C)O1.C=CCN(Cc1ccc(OC)cc1)C(=O)N1CC(OC(=O)N2Cc3ccccc3C2)C[C@H]1C(=O)O. The summed E-state index contributed by atoms with van der Waals surface area (Å²) in [7, 11) is 2.59. The minimum Gasteiger partial charge on any atom is -0.497 e. The molecule has 8 aliphatic rings. The van der Waals surface area contributed by atoms with Crippen molar-refractivity contribution >= 4 is 43.2 Å². The van der Waals surface area contributed by atoms with Crippen molar-refractivity contribution in [3.05, 3.63) is 168 Å². The fourth-order valence-electron chi connectivity index (χ4n) is 14.7. The second-order valence-electron chi connectivity index (χ2n) is 26.2. The Labute approximate surface area is 541 Å². The fraction of sp³-hybridized carbons (Fsp3) is 0.493. The molecule has 0 aromatic heterocycles. The third kappa shape index (κ3) is 14.9. The topological polar surface area (TPSA) is 210 Å². The van der Waals surface area contributed by atoms with E-state index in [4.69, 9.17) is 28.3 Å². The molecule has 92 heavy (non-hydrogen) atoms. The molecule has 2 unspecified atom stereocenters. The molecule has 20 nitrogen and oxygen atoms in total. The van der Waals surface area contributed by atoms with Crippen molar-refractivity contribution in [2.24, 2.45) is 17.3 Å². The third-order valence-corrected chi connectivity index (χ3v) is 19.9. The van der Waals surface area contributed by atoms with Crippen molar-refractivity contribution in [2.45, 2.75) is 166 Å². The number of carboxylic acids is 1. The van der Waals surface area contributed by atoms with Gasteiger partial charge in [-0.2, -0.15) is 0 Å². The van der Waals surface area contributed by atoms with Gasteiger partial charge in [-0.1, -0.05) is 124 Å². The Morgan fingerprint density at radius 3 is 1.55 bits per heavy atom. The minimum absolute atomic E-state index is 0.0125. The van der Waals surface area contributed by atoms with Crippen LogP contribution >= 0.6 is 0 Å². The zero-order valence-corrected chi connectivity index (χ0v) is 54.0. The Hall–Kier alpha value is -8.30. The first-order chi connectivity index (χ1) is 44.3. The van der Waals surface area contributed by atoms with Gasteiger partial charge in [-0.15, -0.1) is 19.7 Å². The Balaban J connectivity index is 0.000000226. The molecule has 0 spiro atoms. The van der Waals surface area contributed by atoms with Crippen LogP contribution in [0.25, 0.3) is 0 Å². The van der Waals surface area contributed by atoms with Crippen LogP contribution in [-0.2, 0) is 67.6 Å². The summed E-state index contributed by atoms with van der Waals surface area (Å²) in [6.07, 6.45) is 10.9. The highest BCUT2D eigenvalue weighted by Crippen LogP contribution is 2.66. The van der Waals surface area contributed by atoms with Gasteiger partial charge in [0.15, 0.2) is 0 Å². The predicted molar refractivity (Wildman–Crippen MR) is 348 cm³/mol.